The fourth-order valence-electron chi connectivity index (χ4n) is 4.60. The largest absolute Gasteiger partial charge is 0.474 e. The van der Waals surface area contributed by atoms with E-state index in [-0.39, 0.29) is 28.7 Å². The van der Waals surface area contributed by atoms with Gasteiger partial charge in [-0.3, -0.25) is 14.5 Å². The molecular weight excluding hydrogens is 588 g/mol. The van der Waals surface area contributed by atoms with E-state index in [9.17, 15) is 19.5 Å². The van der Waals surface area contributed by atoms with Crippen LogP contribution in [0.4, 0.5) is 9.59 Å². The van der Waals surface area contributed by atoms with Crippen molar-refractivity contribution in [3.63, 3.8) is 0 Å². The summed E-state index contributed by atoms with van der Waals surface area (Å²) in [5, 5.41) is 9.86. The van der Waals surface area contributed by atoms with Gasteiger partial charge in [0.05, 0.1) is 10.5 Å². The number of carbonyl (C=O) groups is 3. The van der Waals surface area contributed by atoms with E-state index in [1.807, 2.05) is 33.8 Å². The van der Waals surface area contributed by atoms with Gasteiger partial charge in [0.25, 0.3) is 11.1 Å². The third-order valence-electron chi connectivity index (χ3n) is 6.62. The highest BCUT2D eigenvalue weighted by molar-refractivity contribution is 9.09. The molecule has 0 saturated carbocycles. The van der Waals surface area contributed by atoms with E-state index in [2.05, 4.69) is 25.9 Å². The van der Waals surface area contributed by atoms with Crippen molar-refractivity contribution < 1.29 is 29.0 Å². The summed E-state index contributed by atoms with van der Waals surface area (Å²) in [4.78, 5) is 48.1. The predicted molar refractivity (Wildman–Crippen MR) is 151 cm³/mol. The number of amides is 3. The van der Waals surface area contributed by atoms with Crippen molar-refractivity contribution in [3.05, 3.63) is 46.6 Å². The topological polar surface area (TPSA) is 122 Å². The molecule has 1 aromatic carbocycles. The Bertz CT molecular complexity index is 1300. The van der Waals surface area contributed by atoms with Gasteiger partial charge in [-0.15, -0.1) is 0 Å². The summed E-state index contributed by atoms with van der Waals surface area (Å²) in [7, 11) is 0. The Labute approximate surface area is 239 Å². The number of carbonyl (C=O) groups excluding carboxylic acids is 2. The van der Waals surface area contributed by atoms with Crippen LogP contribution >= 0.6 is 27.7 Å². The lowest BCUT2D eigenvalue weighted by Crippen LogP contribution is -2.53. The van der Waals surface area contributed by atoms with E-state index in [0.29, 0.717) is 64.8 Å². The van der Waals surface area contributed by atoms with Gasteiger partial charge in [0.1, 0.15) is 18.2 Å². The van der Waals surface area contributed by atoms with Crippen LogP contribution in [-0.2, 0) is 4.79 Å². The minimum Gasteiger partial charge on any atom is -0.474 e. The molecule has 3 amide bonds. The number of alkyl halides is 1. The number of thioether (sulfide) groups is 1. The van der Waals surface area contributed by atoms with Gasteiger partial charge in [-0.2, -0.15) is 0 Å². The molecule has 3 heterocycles. The Balaban J connectivity index is 1.48. The Hall–Kier alpha value is -3.12. The van der Waals surface area contributed by atoms with Crippen molar-refractivity contribution in [2.45, 2.75) is 52.7 Å². The van der Waals surface area contributed by atoms with Gasteiger partial charge in [-0.05, 0) is 47.9 Å². The number of aromatic nitrogens is 2. The first-order valence-electron chi connectivity index (χ1n) is 12.5. The minimum absolute atomic E-state index is 0.185. The zero-order valence-electron chi connectivity index (χ0n) is 22.2. The van der Waals surface area contributed by atoms with E-state index in [0.717, 1.165) is 11.8 Å². The fraction of sp³-hybridized carbons (Fsp3) is 0.444. The molecule has 2 atom stereocenters. The molecule has 208 valence electrons. The zero-order valence-corrected chi connectivity index (χ0v) is 24.6. The van der Waals surface area contributed by atoms with E-state index >= 15 is 0 Å². The summed E-state index contributed by atoms with van der Waals surface area (Å²) in [5.74, 6) is 0.897. The normalized spacial score (nSPS) is 21.0. The van der Waals surface area contributed by atoms with E-state index < -0.39 is 6.09 Å². The second-order valence-corrected chi connectivity index (χ2v) is 12.2. The number of halogens is 1. The Morgan fingerprint density at radius 1 is 1.26 bits per heavy atom. The predicted octanol–water partition coefficient (Wildman–Crippen LogP) is 5.94. The van der Waals surface area contributed by atoms with Gasteiger partial charge < -0.3 is 19.5 Å². The van der Waals surface area contributed by atoms with Crippen LogP contribution in [0.25, 0.3) is 6.08 Å². The smallest absolute Gasteiger partial charge is 0.407 e. The van der Waals surface area contributed by atoms with Crippen LogP contribution in [0.3, 0.4) is 0 Å². The first-order chi connectivity index (χ1) is 18.5. The quantitative estimate of drug-likeness (QED) is 0.296. The maximum atomic E-state index is 12.6. The Morgan fingerprint density at radius 3 is 2.69 bits per heavy atom. The average molecular weight is 620 g/mol. The highest BCUT2D eigenvalue weighted by Gasteiger charge is 2.40. The SMILES string of the molecule is Cc1c(Oc2cccc(/C=C3\SC(=O)N(CCBr)C3=O)c2)ncnc1OC1CCN(C(=O)O)C(C(C)(C)C)C1. The highest BCUT2D eigenvalue weighted by Crippen LogP contribution is 2.36. The average Bonchev–Trinajstić information content (AvgIpc) is 3.13. The monoisotopic (exact) mass is 618 g/mol. The number of hydrogen-bond donors (Lipinski definition) is 1. The number of imide groups is 1. The van der Waals surface area contributed by atoms with Gasteiger partial charge in [0, 0.05) is 37.3 Å². The van der Waals surface area contributed by atoms with E-state index in [4.69, 9.17) is 9.47 Å². The second kappa shape index (κ2) is 12.0. The van der Waals surface area contributed by atoms with Crippen LogP contribution in [0.1, 0.15) is 44.7 Å². The summed E-state index contributed by atoms with van der Waals surface area (Å²) < 4.78 is 12.3. The maximum absolute atomic E-state index is 12.6. The minimum atomic E-state index is -0.918. The number of hydrogen-bond acceptors (Lipinski definition) is 8. The van der Waals surface area contributed by atoms with Gasteiger partial charge >= 0.3 is 6.09 Å². The van der Waals surface area contributed by atoms with Crippen LogP contribution < -0.4 is 9.47 Å². The van der Waals surface area contributed by atoms with Crippen LogP contribution in [0.5, 0.6) is 17.5 Å². The maximum Gasteiger partial charge on any atom is 0.407 e. The number of ether oxygens (including phenoxy) is 2. The van der Waals surface area contributed by atoms with Gasteiger partial charge in [0.15, 0.2) is 0 Å². The van der Waals surface area contributed by atoms with Crippen molar-refractivity contribution in [2.24, 2.45) is 5.41 Å². The molecule has 0 radical (unpaired) electrons. The molecule has 12 heteroatoms. The molecule has 1 aromatic heterocycles. The molecule has 10 nitrogen and oxygen atoms in total. The molecule has 2 saturated heterocycles. The Kier molecular flexibility index (Phi) is 8.85. The number of rotatable bonds is 7. The number of nitrogens with zero attached hydrogens (tertiary/aromatic N) is 4. The van der Waals surface area contributed by atoms with Gasteiger partial charge in [0.2, 0.25) is 11.8 Å². The number of piperidine rings is 1. The van der Waals surface area contributed by atoms with Crippen molar-refractivity contribution in [1.29, 1.82) is 0 Å². The van der Waals surface area contributed by atoms with Crippen LogP contribution in [0, 0.1) is 12.3 Å². The molecule has 4 rings (SSSR count). The molecule has 1 N–H and O–H groups in total. The molecular formula is C27H31BrN4O6S. The van der Waals surface area contributed by atoms with Crippen LogP contribution in [0.15, 0.2) is 35.5 Å². The van der Waals surface area contributed by atoms with Gasteiger partial charge in [-0.25, -0.2) is 14.8 Å². The number of carboxylic acid groups (broad SMARTS) is 1. The van der Waals surface area contributed by atoms with Crippen molar-refractivity contribution in [3.8, 4) is 17.5 Å². The summed E-state index contributed by atoms with van der Waals surface area (Å²) in [6.07, 6.45) is 3.03. The third-order valence-corrected chi connectivity index (χ3v) is 7.88. The summed E-state index contributed by atoms with van der Waals surface area (Å²) in [5.41, 5.74) is 1.09. The lowest BCUT2D eigenvalue weighted by atomic mass is 9.80. The molecule has 2 aliphatic heterocycles. The molecule has 2 aliphatic rings. The molecule has 0 bridgehead atoms. The second-order valence-electron chi connectivity index (χ2n) is 10.4. The van der Waals surface area contributed by atoms with Crippen LogP contribution in [-0.4, -0.2) is 72.7 Å². The molecule has 0 spiro atoms. The number of likely N-dealkylation sites (tertiary alicyclic amines) is 1. The Morgan fingerprint density at radius 2 is 2.00 bits per heavy atom. The fourth-order valence-corrected chi connectivity index (χ4v) is 5.82. The summed E-state index contributed by atoms with van der Waals surface area (Å²) in [6, 6.07) is 6.96. The molecule has 39 heavy (non-hydrogen) atoms. The molecule has 2 fully saturated rings. The van der Waals surface area contributed by atoms with Crippen molar-refractivity contribution in [2.75, 3.05) is 18.4 Å². The van der Waals surface area contributed by atoms with Crippen molar-refractivity contribution >= 4 is 51.0 Å². The van der Waals surface area contributed by atoms with E-state index in [1.165, 1.54) is 16.1 Å². The summed E-state index contributed by atoms with van der Waals surface area (Å²) in [6.45, 7) is 8.60. The molecule has 0 aliphatic carbocycles. The lowest BCUT2D eigenvalue weighted by Gasteiger charge is -2.44. The first kappa shape index (κ1) is 28.9. The molecule has 2 unspecified atom stereocenters. The van der Waals surface area contributed by atoms with Crippen LogP contribution in [0.2, 0.25) is 0 Å². The highest BCUT2D eigenvalue weighted by atomic mass is 79.9. The molecule has 2 aromatic rings. The number of benzene rings is 1. The first-order valence-corrected chi connectivity index (χ1v) is 14.5. The standard InChI is InChI=1S/C27H31BrN4O6S/c1-16-22(29-15-30-23(16)38-19-8-10-31(25(34)35)21(14-19)27(2,3)4)37-18-7-5-6-17(12-18)13-20-24(33)32(11-9-28)26(36)39-20/h5-7,12-13,15,19,21H,8-11,14H2,1-4H3,(H,34,35)/b20-13-. The zero-order chi connectivity index (χ0) is 28.3. The third kappa shape index (κ3) is 6.73. The van der Waals surface area contributed by atoms with Gasteiger partial charge in [-0.1, -0.05) is 48.8 Å². The van der Waals surface area contributed by atoms with E-state index in [1.54, 1.807) is 24.3 Å². The summed E-state index contributed by atoms with van der Waals surface area (Å²) >= 11 is 4.18. The van der Waals surface area contributed by atoms with Crippen molar-refractivity contribution in [1.82, 2.24) is 19.8 Å². The lowest BCUT2D eigenvalue weighted by molar-refractivity contribution is -0.122.